The fourth-order valence-corrected chi connectivity index (χ4v) is 1.32. The van der Waals surface area contributed by atoms with Crippen molar-refractivity contribution >= 4 is 23.8 Å². The maximum atomic E-state index is 11.3. The van der Waals surface area contributed by atoms with E-state index in [0.717, 1.165) is 0 Å². The van der Waals surface area contributed by atoms with Crippen molar-refractivity contribution in [1.82, 2.24) is 16.0 Å². The Kier molecular flexibility index (Phi) is 4.60. The number of carbonyl (C=O) groups is 4. The van der Waals surface area contributed by atoms with Crippen molar-refractivity contribution in [2.45, 2.75) is 25.0 Å². The minimum absolute atomic E-state index is 0.119. The van der Waals surface area contributed by atoms with Crippen LogP contribution in [0.5, 0.6) is 0 Å². The summed E-state index contributed by atoms with van der Waals surface area (Å²) in [4.78, 5) is 43.6. The monoisotopic (exact) mass is 259 g/mol. The van der Waals surface area contributed by atoms with Gasteiger partial charge < -0.3 is 20.8 Å². The third-order valence-electron chi connectivity index (χ3n) is 2.29. The largest absolute Gasteiger partial charge is 0.479 e. The van der Waals surface area contributed by atoms with E-state index in [2.05, 4.69) is 16.0 Å². The number of aliphatic hydroxyl groups is 1. The van der Waals surface area contributed by atoms with E-state index in [9.17, 15) is 19.2 Å². The van der Waals surface area contributed by atoms with Gasteiger partial charge in [0.2, 0.25) is 11.8 Å². The lowest BCUT2D eigenvalue weighted by Gasteiger charge is -2.22. The highest BCUT2D eigenvalue weighted by Gasteiger charge is 2.27. The molecule has 18 heavy (non-hydrogen) atoms. The number of carbonyl (C=O) groups excluding carboxylic acids is 3. The average Bonchev–Trinajstić information content (AvgIpc) is 2.29. The van der Waals surface area contributed by atoms with Crippen LogP contribution in [0.2, 0.25) is 0 Å². The van der Waals surface area contributed by atoms with Crippen LogP contribution in [-0.4, -0.2) is 52.7 Å². The number of imide groups is 1. The van der Waals surface area contributed by atoms with Crippen LogP contribution >= 0.6 is 0 Å². The Labute approximate surface area is 102 Å². The molecular weight excluding hydrogens is 246 g/mol. The topological polar surface area (TPSA) is 145 Å². The van der Waals surface area contributed by atoms with Gasteiger partial charge in [-0.05, 0) is 6.42 Å². The van der Waals surface area contributed by atoms with Crippen LogP contribution in [0, 0.1) is 0 Å². The molecule has 1 rings (SSSR count). The molecule has 0 bridgehead atoms. The van der Waals surface area contributed by atoms with Gasteiger partial charge in [0.15, 0.2) is 6.10 Å². The number of hydrogen-bond donors (Lipinski definition) is 5. The quantitative estimate of drug-likeness (QED) is 0.354. The average molecular weight is 259 g/mol. The van der Waals surface area contributed by atoms with Crippen molar-refractivity contribution in [3.63, 3.8) is 0 Å². The number of aliphatic carboxylic acids is 1. The Morgan fingerprint density at radius 2 is 2.11 bits per heavy atom. The Morgan fingerprint density at radius 3 is 2.67 bits per heavy atom. The summed E-state index contributed by atoms with van der Waals surface area (Å²) in [5, 5.41) is 23.7. The van der Waals surface area contributed by atoms with Crippen molar-refractivity contribution < 1.29 is 29.4 Å². The van der Waals surface area contributed by atoms with E-state index in [0.29, 0.717) is 0 Å². The number of rotatable bonds is 4. The van der Waals surface area contributed by atoms with E-state index in [1.165, 1.54) is 0 Å². The first-order chi connectivity index (χ1) is 8.40. The molecule has 100 valence electrons. The molecule has 1 saturated heterocycles. The Bertz CT molecular complexity index is 382. The summed E-state index contributed by atoms with van der Waals surface area (Å²) in [6.45, 7) is -0.478. The molecule has 0 aliphatic carbocycles. The number of urea groups is 1. The first-order valence-electron chi connectivity index (χ1n) is 5.19. The normalized spacial score (nSPS) is 20.8. The van der Waals surface area contributed by atoms with E-state index in [4.69, 9.17) is 10.2 Å². The van der Waals surface area contributed by atoms with Crippen LogP contribution in [0.15, 0.2) is 0 Å². The van der Waals surface area contributed by atoms with Gasteiger partial charge in [-0.1, -0.05) is 0 Å². The zero-order valence-corrected chi connectivity index (χ0v) is 9.30. The fraction of sp³-hybridized carbons (Fsp3) is 0.556. The molecule has 0 spiro atoms. The van der Waals surface area contributed by atoms with Gasteiger partial charge in [-0.3, -0.25) is 14.9 Å². The molecule has 1 aliphatic rings. The Balaban J connectivity index is 2.34. The molecule has 1 heterocycles. The molecule has 1 unspecified atom stereocenters. The van der Waals surface area contributed by atoms with Crippen molar-refractivity contribution in [2.75, 3.05) is 6.54 Å². The van der Waals surface area contributed by atoms with Gasteiger partial charge in [-0.2, -0.15) is 0 Å². The minimum Gasteiger partial charge on any atom is -0.479 e. The van der Waals surface area contributed by atoms with E-state index in [1.54, 1.807) is 0 Å². The first kappa shape index (κ1) is 13.9. The molecule has 4 amide bonds. The fourth-order valence-electron chi connectivity index (χ4n) is 1.32. The number of piperidine rings is 1. The van der Waals surface area contributed by atoms with Crippen LogP contribution in [0.25, 0.3) is 0 Å². The summed E-state index contributed by atoms with van der Waals surface area (Å²) in [7, 11) is 0. The van der Waals surface area contributed by atoms with Crippen molar-refractivity contribution in [3.8, 4) is 0 Å². The van der Waals surface area contributed by atoms with Crippen LogP contribution < -0.4 is 16.0 Å². The van der Waals surface area contributed by atoms with E-state index in [-0.39, 0.29) is 12.8 Å². The summed E-state index contributed by atoms with van der Waals surface area (Å²) in [5.74, 6) is -2.48. The van der Waals surface area contributed by atoms with Crippen molar-refractivity contribution in [1.29, 1.82) is 0 Å². The van der Waals surface area contributed by atoms with Crippen LogP contribution in [0.3, 0.4) is 0 Å². The number of carboxylic acids is 1. The highest BCUT2D eigenvalue weighted by Crippen LogP contribution is 2.03. The SMILES string of the molecule is O=C1CCC(NC(=O)NC[C@H](O)C(=O)O)C(=O)N1. The van der Waals surface area contributed by atoms with E-state index < -0.39 is 42.5 Å². The second kappa shape index (κ2) is 5.96. The number of amides is 4. The number of aliphatic hydroxyl groups excluding tert-OH is 1. The van der Waals surface area contributed by atoms with E-state index >= 15 is 0 Å². The zero-order chi connectivity index (χ0) is 13.7. The van der Waals surface area contributed by atoms with Gasteiger partial charge in [0.25, 0.3) is 0 Å². The molecule has 9 heteroatoms. The predicted octanol–water partition coefficient (Wildman–Crippen LogP) is -2.46. The lowest BCUT2D eigenvalue weighted by Crippen LogP contribution is -2.55. The first-order valence-corrected chi connectivity index (χ1v) is 5.19. The molecule has 2 atom stereocenters. The lowest BCUT2D eigenvalue weighted by atomic mass is 10.1. The van der Waals surface area contributed by atoms with Crippen LogP contribution in [0.1, 0.15) is 12.8 Å². The van der Waals surface area contributed by atoms with Gasteiger partial charge in [0.1, 0.15) is 6.04 Å². The summed E-state index contributed by atoms with van der Waals surface area (Å²) in [6.07, 6.45) is -1.41. The van der Waals surface area contributed by atoms with Gasteiger partial charge in [-0.25, -0.2) is 9.59 Å². The Hall–Kier alpha value is -2.16. The third-order valence-corrected chi connectivity index (χ3v) is 2.29. The van der Waals surface area contributed by atoms with Crippen molar-refractivity contribution in [3.05, 3.63) is 0 Å². The second-order valence-corrected chi connectivity index (χ2v) is 3.71. The molecule has 0 aromatic rings. The highest BCUT2D eigenvalue weighted by molar-refractivity contribution is 6.01. The molecule has 1 fully saturated rings. The zero-order valence-electron chi connectivity index (χ0n) is 9.30. The lowest BCUT2D eigenvalue weighted by molar-refractivity contribution is -0.146. The second-order valence-electron chi connectivity index (χ2n) is 3.71. The smallest absolute Gasteiger partial charge is 0.334 e. The predicted molar refractivity (Wildman–Crippen MR) is 56.3 cm³/mol. The maximum absolute atomic E-state index is 11.3. The molecule has 0 saturated carbocycles. The van der Waals surface area contributed by atoms with Crippen molar-refractivity contribution in [2.24, 2.45) is 0 Å². The van der Waals surface area contributed by atoms with Gasteiger partial charge in [-0.15, -0.1) is 0 Å². The number of carboxylic acid groups (broad SMARTS) is 1. The van der Waals surface area contributed by atoms with Crippen LogP contribution in [-0.2, 0) is 14.4 Å². The molecule has 1 aliphatic heterocycles. The van der Waals surface area contributed by atoms with Gasteiger partial charge >= 0.3 is 12.0 Å². The standard InChI is InChI=1S/C9H13N3O6/c13-5(8(16)17)3-10-9(18)11-4-1-2-6(14)12-7(4)15/h4-5,13H,1-3H2,(H,16,17)(H2,10,11,18)(H,12,14,15)/t4?,5-/m0/s1. The number of hydrogen-bond acceptors (Lipinski definition) is 5. The molecule has 0 radical (unpaired) electrons. The molecule has 0 aromatic heterocycles. The van der Waals surface area contributed by atoms with Gasteiger partial charge in [0.05, 0.1) is 6.54 Å². The number of nitrogens with one attached hydrogen (secondary N) is 3. The third kappa shape index (κ3) is 4.01. The molecule has 0 aromatic carbocycles. The Morgan fingerprint density at radius 1 is 1.44 bits per heavy atom. The summed E-state index contributed by atoms with van der Waals surface area (Å²) in [5.41, 5.74) is 0. The summed E-state index contributed by atoms with van der Waals surface area (Å²) in [6, 6.07) is -1.63. The minimum atomic E-state index is -1.71. The molecule has 5 N–H and O–H groups in total. The molecule has 9 nitrogen and oxygen atoms in total. The summed E-state index contributed by atoms with van der Waals surface area (Å²) >= 11 is 0. The van der Waals surface area contributed by atoms with Crippen LogP contribution in [0.4, 0.5) is 4.79 Å². The summed E-state index contributed by atoms with van der Waals surface area (Å²) < 4.78 is 0. The highest BCUT2D eigenvalue weighted by atomic mass is 16.4. The van der Waals surface area contributed by atoms with E-state index in [1.807, 2.05) is 0 Å². The molecular formula is C9H13N3O6. The maximum Gasteiger partial charge on any atom is 0.334 e. The van der Waals surface area contributed by atoms with Gasteiger partial charge in [0, 0.05) is 6.42 Å².